The van der Waals surface area contributed by atoms with Gasteiger partial charge >= 0.3 is 0 Å². The number of fused-ring (bicyclic) bond motifs is 1. The molecular formula is C20H16N8O2. The average molecular weight is 400 g/mol. The molecule has 10 heteroatoms. The van der Waals surface area contributed by atoms with E-state index in [0.717, 1.165) is 24.1 Å². The van der Waals surface area contributed by atoms with Crippen molar-refractivity contribution in [1.82, 2.24) is 30.7 Å². The van der Waals surface area contributed by atoms with E-state index >= 15 is 0 Å². The SMILES string of the molecule is Nc1nonc1-n1nnc(-c2ccccc2)c1C(=O)NN=C1CCc2ccccc21. The summed E-state index contributed by atoms with van der Waals surface area (Å²) in [4.78, 5) is 13.2. The van der Waals surface area contributed by atoms with Gasteiger partial charge in [0.2, 0.25) is 11.6 Å². The number of nitrogens with one attached hydrogen (secondary N) is 1. The van der Waals surface area contributed by atoms with Crippen LogP contribution in [0.5, 0.6) is 0 Å². The fraction of sp³-hybridized carbons (Fsp3) is 0.100. The number of nitrogens with zero attached hydrogens (tertiary/aromatic N) is 6. The molecule has 5 rings (SSSR count). The molecule has 1 aliphatic carbocycles. The first-order valence-electron chi connectivity index (χ1n) is 9.27. The number of hydrazone groups is 1. The summed E-state index contributed by atoms with van der Waals surface area (Å²) in [6, 6.07) is 17.2. The van der Waals surface area contributed by atoms with Crippen molar-refractivity contribution >= 4 is 17.4 Å². The number of carbonyl (C=O) groups excluding carboxylic acids is 1. The Morgan fingerprint density at radius 3 is 2.67 bits per heavy atom. The molecule has 0 saturated heterocycles. The van der Waals surface area contributed by atoms with Crippen LogP contribution in [-0.2, 0) is 6.42 Å². The van der Waals surface area contributed by atoms with Gasteiger partial charge in [0.25, 0.3) is 5.91 Å². The number of aryl methyl sites for hydroxylation is 1. The monoisotopic (exact) mass is 400 g/mol. The fourth-order valence-electron chi connectivity index (χ4n) is 3.46. The van der Waals surface area contributed by atoms with Gasteiger partial charge in [-0.15, -0.1) is 5.10 Å². The topological polar surface area (TPSA) is 137 Å². The predicted molar refractivity (Wildman–Crippen MR) is 108 cm³/mol. The number of anilines is 1. The first-order valence-corrected chi connectivity index (χ1v) is 9.27. The summed E-state index contributed by atoms with van der Waals surface area (Å²) in [5.74, 6) is -0.434. The van der Waals surface area contributed by atoms with E-state index in [9.17, 15) is 4.79 Å². The Kier molecular flexibility index (Phi) is 4.28. The van der Waals surface area contributed by atoms with E-state index in [2.05, 4.69) is 41.8 Å². The minimum atomic E-state index is -0.502. The van der Waals surface area contributed by atoms with Crippen molar-refractivity contribution in [1.29, 1.82) is 0 Å². The summed E-state index contributed by atoms with van der Waals surface area (Å²) in [6.45, 7) is 0. The van der Waals surface area contributed by atoms with E-state index in [1.807, 2.05) is 48.5 Å². The van der Waals surface area contributed by atoms with Crippen LogP contribution in [0, 0.1) is 0 Å². The Balaban J connectivity index is 1.54. The first-order chi connectivity index (χ1) is 14.7. The van der Waals surface area contributed by atoms with Crippen molar-refractivity contribution in [3.8, 4) is 17.1 Å². The highest BCUT2D eigenvalue weighted by Crippen LogP contribution is 2.25. The summed E-state index contributed by atoms with van der Waals surface area (Å²) >= 11 is 0. The number of aromatic nitrogens is 5. The van der Waals surface area contributed by atoms with Crippen LogP contribution in [-0.4, -0.2) is 36.9 Å². The summed E-state index contributed by atoms with van der Waals surface area (Å²) in [5.41, 5.74) is 12.7. The molecule has 3 N–H and O–H groups in total. The van der Waals surface area contributed by atoms with E-state index in [0.29, 0.717) is 11.3 Å². The van der Waals surface area contributed by atoms with Crippen LogP contribution in [0.25, 0.3) is 17.1 Å². The average Bonchev–Trinajstić information content (AvgIpc) is 3.50. The molecule has 2 heterocycles. The molecular weight excluding hydrogens is 384 g/mol. The quantitative estimate of drug-likeness (QED) is 0.500. The lowest BCUT2D eigenvalue weighted by atomic mass is 10.1. The van der Waals surface area contributed by atoms with Gasteiger partial charge in [-0.05, 0) is 28.7 Å². The molecule has 1 amide bonds. The molecule has 0 unspecified atom stereocenters. The molecule has 0 radical (unpaired) electrons. The van der Waals surface area contributed by atoms with Crippen LogP contribution in [0.15, 0.2) is 64.3 Å². The molecule has 0 spiro atoms. The van der Waals surface area contributed by atoms with Gasteiger partial charge in [-0.2, -0.15) is 9.78 Å². The second kappa shape index (κ2) is 7.24. The van der Waals surface area contributed by atoms with Gasteiger partial charge < -0.3 is 5.73 Å². The van der Waals surface area contributed by atoms with Gasteiger partial charge in [0.05, 0.1) is 5.71 Å². The van der Waals surface area contributed by atoms with Crippen LogP contribution in [0.4, 0.5) is 5.82 Å². The van der Waals surface area contributed by atoms with Crippen LogP contribution in [0.2, 0.25) is 0 Å². The third-order valence-corrected chi connectivity index (χ3v) is 4.88. The molecule has 0 bridgehead atoms. The van der Waals surface area contributed by atoms with Gasteiger partial charge in [0, 0.05) is 11.1 Å². The smallest absolute Gasteiger partial charge is 0.292 e. The molecule has 0 fully saturated rings. The Hall–Kier alpha value is -4.34. The number of carbonyl (C=O) groups is 1. The first kappa shape index (κ1) is 17.7. The number of hydrogen-bond donors (Lipinski definition) is 2. The van der Waals surface area contributed by atoms with E-state index < -0.39 is 5.91 Å². The Morgan fingerprint density at radius 1 is 1.07 bits per heavy atom. The Bertz CT molecular complexity index is 1260. The zero-order valence-electron chi connectivity index (χ0n) is 15.7. The minimum absolute atomic E-state index is 0.00963. The standard InChI is InChI=1S/C20H16N8O2/c21-18-19(26-30-25-18)28-17(16(23-27-28)13-7-2-1-3-8-13)20(29)24-22-15-11-10-12-6-4-5-9-14(12)15/h1-9H,10-11H2,(H2,21,25)(H,24,29). The number of benzene rings is 2. The van der Waals surface area contributed by atoms with Gasteiger partial charge in [-0.25, -0.2) is 10.1 Å². The highest BCUT2D eigenvalue weighted by atomic mass is 16.6. The fourth-order valence-corrected chi connectivity index (χ4v) is 3.46. The van der Waals surface area contributed by atoms with E-state index in [1.54, 1.807) is 0 Å². The van der Waals surface area contributed by atoms with E-state index in [-0.39, 0.29) is 17.3 Å². The lowest BCUT2D eigenvalue weighted by molar-refractivity contribution is 0.0947. The largest absolute Gasteiger partial charge is 0.378 e. The zero-order valence-corrected chi connectivity index (χ0v) is 15.7. The maximum absolute atomic E-state index is 13.2. The number of nitrogens with two attached hydrogens (primary N) is 1. The normalized spacial score (nSPS) is 14.1. The third kappa shape index (κ3) is 3.00. The Morgan fingerprint density at radius 2 is 1.87 bits per heavy atom. The second-order valence-corrected chi connectivity index (χ2v) is 6.69. The lowest BCUT2D eigenvalue weighted by Crippen LogP contribution is -2.24. The van der Waals surface area contributed by atoms with Crippen molar-refractivity contribution < 1.29 is 9.42 Å². The summed E-state index contributed by atoms with van der Waals surface area (Å²) in [5, 5.41) is 19.9. The summed E-state index contributed by atoms with van der Waals surface area (Å²) in [6.07, 6.45) is 1.64. The van der Waals surface area contributed by atoms with Crippen LogP contribution in [0.3, 0.4) is 0 Å². The molecule has 4 aromatic rings. The molecule has 148 valence electrons. The zero-order chi connectivity index (χ0) is 20.5. The van der Waals surface area contributed by atoms with E-state index in [1.165, 1.54) is 10.2 Å². The molecule has 0 saturated carbocycles. The van der Waals surface area contributed by atoms with Gasteiger partial charge in [-0.3, -0.25) is 4.79 Å². The minimum Gasteiger partial charge on any atom is -0.378 e. The lowest BCUT2D eigenvalue weighted by Gasteiger charge is -2.06. The van der Waals surface area contributed by atoms with Gasteiger partial charge in [-0.1, -0.05) is 59.8 Å². The Labute approximate surface area is 170 Å². The number of rotatable bonds is 4. The number of nitrogen functional groups attached to an aromatic ring is 1. The van der Waals surface area contributed by atoms with Crippen LogP contribution < -0.4 is 11.2 Å². The summed E-state index contributed by atoms with van der Waals surface area (Å²) < 4.78 is 5.86. The van der Waals surface area contributed by atoms with Crippen molar-refractivity contribution in [2.45, 2.75) is 12.8 Å². The highest BCUT2D eigenvalue weighted by molar-refractivity contribution is 6.06. The molecule has 2 aromatic heterocycles. The van der Waals surface area contributed by atoms with Crippen molar-refractivity contribution in [2.24, 2.45) is 5.10 Å². The van der Waals surface area contributed by atoms with E-state index in [4.69, 9.17) is 5.73 Å². The van der Waals surface area contributed by atoms with Crippen LogP contribution in [0.1, 0.15) is 28.0 Å². The van der Waals surface area contributed by atoms with Crippen molar-refractivity contribution in [3.63, 3.8) is 0 Å². The van der Waals surface area contributed by atoms with Crippen LogP contribution >= 0.6 is 0 Å². The maximum Gasteiger partial charge on any atom is 0.292 e. The molecule has 10 nitrogen and oxygen atoms in total. The molecule has 0 atom stereocenters. The van der Waals surface area contributed by atoms with Crippen molar-refractivity contribution in [3.05, 3.63) is 71.4 Å². The summed E-state index contributed by atoms with van der Waals surface area (Å²) in [7, 11) is 0. The maximum atomic E-state index is 13.2. The number of amides is 1. The van der Waals surface area contributed by atoms with Crippen molar-refractivity contribution in [2.75, 3.05) is 5.73 Å². The third-order valence-electron chi connectivity index (χ3n) is 4.88. The molecule has 2 aromatic carbocycles. The van der Waals surface area contributed by atoms with Gasteiger partial charge in [0.15, 0.2) is 5.69 Å². The molecule has 1 aliphatic rings. The molecule has 0 aliphatic heterocycles. The second-order valence-electron chi connectivity index (χ2n) is 6.69. The van der Waals surface area contributed by atoms with Gasteiger partial charge in [0.1, 0.15) is 5.69 Å². The number of hydrogen-bond acceptors (Lipinski definition) is 8. The predicted octanol–water partition coefficient (Wildman–Crippen LogP) is 1.98. The highest BCUT2D eigenvalue weighted by Gasteiger charge is 2.26. The molecule has 30 heavy (non-hydrogen) atoms.